The molecule has 0 aliphatic carbocycles. The number of aromatic nitrogens is 4. The van der Waals surface area contributed by atoms with Crippen molar-refractivity contribution in [2.45, 2.75) is 6.42 Å². The van der Waals surface area contributed by atoms with E-state index in [1.165, 1.54) is 0 Å². The average molecular weight is 434 g/mol. The van der Waals surface area contributed by atoms with Crippen LogP contribution in [-0.4, -0.2) is 54.2 Å². The minimum atomic E-state index is 0.663. The van der Waals surface area contributed by atoms with Crippen molar-refractivity contribution in [1.82, 2.24) is 19.7 Å². The number of fused-ring (bicyclic) bond motifs is 1. The fraction of sp³-hybridized carbons (Fsp3) is 0.292. The van der Waals surface area contributed by atoms with E-state index in [0.29, 0.717) is 6.61 Å². The molecule has 0 spiro atoms. The fourth-order valence-corrected chi connectivity index (χ4v) is 3.58. The Bertz CT molecular complexity index is 1190. The largest absolute Gasteiger partial charge is 0.497 e. The summed E-state index contributed by atoms with van der Waals surface area (Å²) in [4.78, 5) is 11.6. The quantitative estimate of drug-likeness (QED) is 0.366. The van der Waals surface area contributed by atoms with Gasteiger partial charge in [-0.25, -0.2) is 4.98 Å². The Morgan fingerprint density at radius 2 is 1.69 bits per heavy atom. The Kier molecular flexibility index (Phi) is 6.51. The van der Waals surface area contributed by atoms with Crippen molar-refractivity contribution in [1.29, 1.82) is 0 Å². The molecule has 2 aromatic heterocycles. The predicted molar refractivity (Wildman–Crippen MR) is 125 cm³/mol. The lowest BCUT2D eigenvalue weighted by Gasteiger charge is -2.26. The van der Waals surface area contributed by atoms with Crippen LogP contribution in [0.25, 0.3) is 22.3 Å². The first-order valence-electron chi connectivity index (χ1n) is 10.4. The van der Waals surface area contributed by atoms with Crippen molar-refractivity contribution >= 4 is 22.4 Å². The molecule has 0 amide bonds. The van der Waals surface area contributed by atoms with E-state index in [0.717, 1.165) is 58.1 Å². The van der Waals surface area contributed by atoms with Crippen LogP contribution in [0.15, 0.2) is 55.0 Å². The van der Waals surface area contributed by atoms with Crippen molar-refractivity contribution in [2.75, 3.05) is 39.4 Å². The summed E-state index contributed by atoms with van der Waals surface area (Å²) in [6.45, 7) is 1.42. The van der Waals surface area contributed by atoms with Crippen molar-refractivity contribution in [2.24, 2.45) is 7.05 Å². The molecule has 2 aromatic carbocycles. The van der Waals surface area contributed by atoms with Gasteiger partial charge in [-0.2, -0.15) is 5.10 Å². The van der Waals surface area contributed by atoms with E-state index in [-0.39, 0.29) is 0 Å². The third-order valence-electron chi connectivity index (χ3n) is 5.22. The third-order valence-corrected chi connectivity index (χ3v) is 5.22. The molecule has 0 aliphatic rings. The monoisotopic (exact) mass is 433 g/mol. The average Bonchev–Trinajstić information content (AvgIpc) is 3.27. The maximum atomic E-state index is 5.48. The van der Waals surface area contributed by atoms with E-state index < -0.39 is 0 Å². The lowest BCUT2D eigenvalue weighted by Crippen LogP contribution is -2.20. The van der Waals surface area contributed by atoms with Crippen LogP contribution in [0.2, 0.25) is 0 Å². The van der Waals surface area contributed by atoms with E-state index in [9.17, 15) is 0 Å². The smallest absolute Gasteiger partial charge is 0.124 e. The van der Waals surface area contributed by atoms with Gasteiger partial charge in [0, 0.05) is 68.6 Å². The zero-order valence-electron chi connectivity index (χ0n) is 18.8. The number of benzene rings is 2. The Morgan fingerprint density at radius 1 is 0.906 bits per heavy atom. The third kappa shape index (κ3) is 4.65. The van der Waals surface area contributed by atoms with Gasteiger partial charge in [-0.05, 0) is 24.6 Å². The SMILES string of the molecule is COCCCN(c1cc(OC)cc(OC)c1)c1ccc2ncc(-c3cnn(C)c3)nc2c1. The Balaban J connectivity index is 1.77. The molecule has 4 aromatic rings. The summed E-state index contributed by atoms with van der Waals surface area (Å²) in [6.07, 6.45) is 6.36. The molecule has 0 saturated heterocycles. The summed E-state index contributed by atoms with van der Waals surface area (Å²) in [7, 11) is 6.90. The highest BCUT2D eigenvalue weighted by Crippen LogP contribution is 2.34. The molecule has 0 radical (unpaired) electrons. The molecule has 0 saturated carbocycles. The maximum absolute atomic E-state index is 5.48. The number of aryl methyl sites for hydroxylation is 1. The van der Waals surface area contributed by atoms with Crippen LogP contribution in [0.5, 0.6) is 11.5 Å². The Morgan fingerprint density at radius 3 is 2.34 bits per heavy atom. The highest BCUT2D eigenvalue weighted by Gasteiger charge is 2.14. The molecule has 0 bridgehead atoms. The molecular formula is C24H27N5O3. The van der Waals surface area contributed by atoms with E-state index in [4.69, 9.17) is 19.2 Å². The topological polar surface area (TPSA) is 74.5 Å². The van der Waals surface area contributed by atoms with E-state index in [2.05, 4.69) is 27.1 Å². The summed E-state index contributed by atoms with van der Waals surface area (Å²) >= 11 is 0. The molecule has 166 valence electrons. The van der Waals surface area contributed by atoms with E-state index >= 15 is 0 Å². The van der Waals surface area contributed by atoms with Gasteiger partial charge in [0.25, 0.3) is 0 Å². The van der Waals surface area contributed by atoms with E-state index in [1.807, 2.05) is 37.5 Å². The second-order valence-corrected chi connectivity index (χ2v) is 7.40. The van der Waals surface area contributed by atoms with E-state index in [1.54, 1.807) is 38.4 Å². The summed E-state index contributed by atoms with van der Waals surface area (Å²) in [6, 6.07) is 12.0. The Labute approximate surface area is 187 Å². The van der Waals surface area contributed by atoms with Crippen molar-refractivity contribution in [3.8, 4) is 22.8 Å². The lowest BCUT2D eigenvalue weighted by molar-refractivity contribution is 0.196. The van der Waals surface area contributed by atoms with Gasteiger partial charge in [0.15, 0.2) is 0 Å². The minimum absolute atomic E-state index is 0.663. The number of rotatable bonds is 9. The molecule has 8 heteroatoms. The number of hydrogen-bond donors (Lipinski definition) is 0. The highest BCUT2D eigenvalue weighted by molar-refractivity contribution is 5.82. The number of methoxy groups -OCH3 is 3. The standard InChI is InChI=1S/C24H27N5O3/c1-28-16-17(14-26-28)24-15-25-22-7-6-18(12-23(22)27-24)29(8-5-9-30-2)19-10-20(31-3)13-21(11-19)32-4/h6-7,10-16H,5,8-9H2,1-4H3. The van der Waals surface area contributed by atoms with Gasteiger partial charge in [0.1, 0.15) is 11.5 Å². The molecule has 32 heavy (non-hydrogen) atoms. The van der Waals surface area contributed by atoms with Gasteiger partial charge in [-0.3, -0.25) is 9.67 Å². The summed E-state index contributed by atoms with van der Waals surface area (Å²) in [5.41, 5.74) is 5.34. The van der Waals surface area contributed by atoms with Gasteiger partial charge >= 0.3 is 0 Å². The van der Waals surface area contributed by atoms with Gasteiger partial charge in [0.2, 0.25) is 0 Å². The summed E-state index contributed by atoms with van der Waals surface area (Å²) in [5, 5.41) is 4.24. The fourth-order valence-electron chi connectivity index (χ4n) is 3.58. The van der Waals surface area contributed by atoms with Crippen molar-refractivity contribution < 1.29 is 14.2 Å². The molecule has 0 fully saturated rings. The Hall–Kier alpha value is -3.65. The molecule has 2 heterocycles. The second kappa shape index (κ2) is 9.65. The summed E-state index contributed by atoms with van der Waals surface area (Å²) < 4.78 is 18.0. The number of hydrogen-bond acceptors (Lipinski definition) is 7. The minimum Gasteiger partial charge on any atom is -0.497 e. The van der Waals surface area contributed by atoms with Gasteiger partial charge in [0.05, 0.1) is 43.3 Å². The molecule has 0 N–H and O–H groups in total. The highest BCUT2D eigenvalue weighted by atomic mass is 16.5. The van der Waals surface area contributed by atoms with Crippen LogP contribution in [0.4, 0.5) is 11.4 Å². The van der Waals surface area contributed by atoms with Gasteiger partial charge < -0.3 is 19.1 Å². The molecule has 4 rings (SSSR count). The first kappa shape index (κ1) is 21.6. The van der Waals surface area contributed by atoms with Crippen LogP contribution in [0.3, 0.4) is 0 Å². The van der Waals surface area contributed by atoms with Crippen LogP contribution in [-0.2, 0) is 11.8 Å². The number of anilines is 2. The lowest BCUT2D eigenvalue weighted by atomic mass is 10.1. The zero-order chi connectivity index (χ0) is 22.5. The summed E-state index contributed by atoms with van der Waals surface area (Å²) in [5.74, 6) is 1.46. The molecule has 8 nitrogen and oxygen atoms in total. The van der Waals surface area contributed by atoms with Crippen LogP contribution >= 0.6 is 0 Å². The van der Waals surface area contributed by atoms with Crippen molar-refractivity contribution in [3.63, 3.8) is 0 Å². The molecular weight excluding hydrogens is 406 g/mol. The predicted octanol–water partition coefficient (Wildman–Crippen LogP) is 4.22. The van der Waals surface area contributed by atoms with Gasteiger partial charge in [-0.1, -0.05) is 0 Å². The normalized spacial score (nSPS) is 11.0. The molecule has 0 aliphatic heterocycles. The van der Waals surface area contributed by atoms with Crippen LogP contribution in [0.1, 0.15) is 6.42 Å². The number of nitrogens with zero attached hydrogens (tertiary/aromatic N) is 5. The van der Waals surface area contributed by atoms with Gasteiger partial charge in [-0.15, -0.1) is 0 Å². The first-order valence-corrected chi connectivity index (χ1v) is 10.4. The van der Waals surface area contributed by atoms with Crippen molar-refractivity contribution in [3.05, 3.63) is 55.0 Å². The first-order chi connectivity index (χ1) is 15.6. The molecule has 0 unspecified atom stereocenters. The molecule has 0 atom stereocenters. The second-order valence-electron chi connectivity index (χ2n) is 7.40. The maximum Gasteiger partial charge on any atom is 0.124 e. The van der Waals surface area contributed by atoms with Crippen LogP contribution in [0, 0.1) is 0 Å². The zero-order valence-corrected chi connectivity index (χ0v) is 18.8. The van der Waals surface area contributed by atoms with Crippen LogP contribution < -0.4 is 14.4 Å². The number of ether oxygens (including phenoxy) is 3.